The number of terminal acetylenes is 1. The molecule has 4 heteroatoms. The first kappa shape index (κ1) is 16.2. The topological polar surface area (TPSA) is 34.4 Å². The highest BCUT2D eigenvalue weighted by molar-refractivity contribution is 7.16. The molecule has 0 aliphatic heterocycles. The smallest absolute Gasteiger partial charge is 0.252 e. The van der Waals surface area contributed by atoms with Crippen LogP contribution in [0, 0.1) is 12.3 Å². The molecule has 3 nitrogen and oxygen atoms in total. The van der Waals surface area contributed by atoms with Crippen LogP contribution in [0.1, 0.15) is 18.1 Å². The van der Waals surface area contributed by atoms with E-state index in [-0.39, 0.29) is 5.91 Å². The SMILES string of the molecule is C#CCn1c(=NC(=O)Cc2ccc(CC)cc2)sc2ccccc21. The molecule has 0 saturated carbocycles. The van der Waals surface area contributed by atoms with E-state index in [1.165, 1.54) is 16.9 Å². The number of nitrogens with zero attached hydrogens (tertiary/aromatic N) is 2. The van der Waals surface area contributed by atoms with Crippen molar-refractivity contribution in [1.29, 1.82) is 0 Å². The van der Waals surface area contributed by atoms with Gasteiger partial charge in [-0.1, -0.05) is 60.6 Å². The maximum Gasteiger partial charge on any atom is 0.252 e. The summed E-state index contributed by atoms with van der Waals surface area (Å²) >= 11 is 1.49. The summed E-state index contributed by atoms with van der Waals surface area (Å²) in [7, 11) is 0. The second-order valence-electron chi connectivity index (χ2n) is 5.49. The van der Waals surface area contributed by atoms with E-state index in [2.05, 4.69) is 30.0 Å². The third-order valence-electron chi connectivity index (χ3n) is 3.84. The van der Waals surface area contributed by atoms with Crippen molar-refractivity contribution in [3.63, 3.8) is 0 Å². The van der Waals surface area contributed by atoms with Crippen molar-refractivity contribution < 1.29 is 4.79 Å². The summed E-state index contributed by atoms with van der Waals surface area (Å²) in [5.74, 6) is 2.48. The van der Waals surface area contributed by atoms with Gasteiger partial charge in [0.15, 0.2) is 4.80 Å². The molecular weight excluding hydrogens is 316 g/mol. The van der Waals surface area contributed by atoms with Crippen LogP contribution in [-0.2, 0) is 24.2 Å². The molecule has 120 valence electrons. The number of hydrogen-bond donors (Lipinski definition) is 0. The van der Waals surface area contributed by atoms with E-state index >= 15 is 0 Å². The van der Waals surface area contributed by atoms with Crippen LogP contribution in [0.5, 0.6) is 0 Å². The Balaban J connectivity index is 1.92. The zero-order chi connectivity index (χ0) is 16.9. The second kappa shape index (κ2) is 7.29. The fraction of sp³-hybridized carbons (Fsp3) is 0.200. The van der Waals surface area contributed by atoms with Crippen LogP contribution in [-0.4, -0.2) is 10.5 Å². The Labute approximate surface area is 145 Å². The van der Waals surface area contributed by atoms with Gasteiger partial charge >= 0.3 is 0 Å². The summed E-state index contributed by atoms with van der Waals surface area (Å²) < 4.78 is 2.99. The predicted octanol–water partition coefficient (Wildman–Crippen LogP) is 3.57. The zero-order valence-corrected chi connectivity index (χ0v) is 14.3. The van der Waals surface area contributed by atoms with Crippen molar-refractivity contribution in [3.8, 4) is 12.3 Å². The number of fused-ring (bicyclic) bond motifs is 1. The number of carbonyl (C=O) groups is 1. The Morgan fingerprint density at radius 3 is 2.58 bits per heavy atom. The summed E-state index contributed by atoms with van der Waals surface area (Å²) in [4.78, 5) is 17.3. The number of aryl methyl sites for hydroxylation is 1. The largest absolute Gasteiger partial charge is 0.305 e. The Morgan fingerprint density at radius 2 is 1.88 bits per heavy atom. The molecule has 0 atom stereocenters. The van der Waals surface area contributed by atoms with Crippen LogP contribution in [0.2, 0.25) is 0 Å². The Morgan fingerprint density at radius 1 is 1.17 bits per heavy atom. The third kappa shape index (κ3) is 3.47. The lowest BCUT2D eigenvalue weighted by molar-refractivity contribution is -0.117. The molecule has 0 N–H and O–H groups in total. The van der Waals surface area contributed by atoms with E-state index in [0.717, 1.165) is 22.2 Å². The fourth-order valence-electron chi connectivity index (χ4n) is 2.56. The minimum Gasteiger partial charge on any atom is -0.305 e. The minimum absolute atomic E-state index is 0.156. The highest BCUT2D eigenvalue weighted by Crippen LogP contribution is 2.16. The monoisotopic (exact) mass is 334 g/mol. The lowest BCUT2D eigenvalue weighted by atomic mass is 10.1. The molecule has 0 aliphatic rings. The number of amides is 1. The average Bonchev–Trinajstić information content (AvgIpc) is 2.93. The first-order valence-corrected chi connectivity index (χ1v) is 8.70. The van der Waals surface area contributed by atoms with Gasteiger partial charge in [0.1, 0.15) is 0 Å². The lowest BCUT2D eigenvalue weighted by Gasteiger charge is -2.01. The maximum absolute atomic E-state index is 12.3. The van der Waals surface area contributed by atoms with Gasteiger partial charge in [0.2, 0.25) is 0 Å². The number of thiazole rings is 1. The van der Waals surface area contributed by atoms with E-state index in [1.54, 1.807) is 0 Å². The Bertz CT molecular complexity index is 971. The number of benzene rings is 2. The molecule has 1 heterocycles. The molecule has 1 amide bonds. The van der Waals surface area contributed by atoms with Gasteiger partial charge < -0.3 is 4.57 Å². The summed E-state index contributed by atoms with van der Waals surface area (Å²) in [5, 5.41) is 0. The maximum atomic E-state index is 12.3. The van der Waals surface area contributed by atoms with Crippen molar-refractivity contribution in [2.75, 3.05) is 0 Å². The van der Waals surface area contributed by atoms with Crippen LogP contribution in [0.3, 0.4) is 0 Å². The number of carbonyl (C=O) groups excluding carboxylic acids is 1. The molecule has 24 heavy (non-hydrogen) atoms. The van der Waals surface area contributed by atoms with Gasteiger partial charge in [0.05, 0.1) is 23.2 Å². The van der Waals surface area contributed by atoms with E-state index < -0.39 is 0 Å². The molecular formula is C20H18N2OS. The van der Waals surface area contributed by atoms with Crippen LogP contribution < -0.4 is 4.80 Å². The normalized spacial score (nSPS) is 11.6. The summed E-state index contributed by atoms with van der Waals surface area (Å²) in [6.45, 7) is 2.52. The molecule has 0 spiro atoms. The summed E-state index contributed by atoms with van der Waals surface area (Å²) in [6.07, 6.45) is 6.76. The Kier molecular flexibility index (Phi) is 4.93. The van der Waals surface area contributed by atoms with Crippen molar-refractivity contribution in [3.05, 3.63) is 64.5 Å². The molecule has 2 aromatic carbocycles. The predicted molar refractivity (Wildman–Crippen MR) is 98.7 cm³/mol. The summed E-state index contributed by atoms with van der Waals surface area (Å²) in [5.41, 5.74) is 3.25. The molecule has 0 bridgehead atoms. The standard InChI is InChI=1S/C20H18N2OS/c1-3-13-22-17-7-5-6-8-18(17)24-20(22)21-19(23)14-16-11-9-15(4-2)10-12-16/h1,5-12H,4,13-14H2,2H3. The molecule has 3 rings (SSSR count). The molecule has 0 aliphatic carbocycles. The van der Waals surface area contributed by atoms with Crippen LogP contribution in [0.15, 0.2) is 53.5 Å². The molecule has 1 aromatic heterocycles. The lowest BCUT2D eigenvalue weighted by Crippen LogP contribution is -2.17. The van der Waals surface area contributed by atoms with Gasteiger partial charge in [-0.05, 0) is 29.7 Å². The highest BCUT2D eigenvalue weighted by Gasteiger charge is 2.07. The minimum atomic E-state index is -0.156. The van der Waals surface area contributed by atoms with Gasteiger partial charge in [-0.2, -0.15) is 4.99 Å². The van der Waals surface area contributed by atoms with E-state index in [4.69, 9.17) is 6.42 Å². The van der Waals surface area contributed by atoms with Crippen molar-refractivity contribution >= 4 is 27.5 Å². The van der Waals surface area contributed by atoms with Crippen LogP contribution in [0.4, 0.5) is 0 Å². The van der Waals surface area contributed by atoms with Gasteiger partial charge in [-0.25, -0.2) is 0 Å². The number of aromatic nitrogens is 1. The molecule has 0 fully saturated rings. The third-order valence-corrected chi connectivity index (χ3v) is 4.90. The second-order valence-corrected chi connectivity index (χ2v) is 6.50. The number of rotatable bonds is 4. The molecule has 3 aromatic rings. The van der Waals surface area contributed by atoms with Crippen molar-refractivity contribution in [2.24, 2.45) is 4.99 Å². The molecule has 0 radical (unpaired) electrons. The summed E-state index contributed by atoms with van der Waals surface area (Å²) in [6, 6.07) is 16.0. The van der Waals surface area contributed by atoms with Crippen molar-refractivity contribution in [1.82, 2.24) is 4.57 Å². The van der Waals surface area contributed by atoms with Crippen molar-refractivity contribution in [2.45, 2.75) is 26.3 Å². The molecule has 0 unspecified atom stereocenters. The van der Waals surface area contributed by atoms with Gasteiger partial charge in [0, 0.05) is 0 Å². The van der Waals surface area contributed by atoms with E-state index in [0.29, 0.717) is 17.8 Å². The van der Waals surface area contributed by atoms with Gasteiger partial charge in [-0.15, -0.1) is 6.42 Å². The van der Waals surface area contributed by atoms with Gasteiger partial charge in [-0.3, -0.25) is 4.79 Å². The van der Waals surface area contributed by atoms with Crippen LogP contribution in [0.25, 0.3) is 10.2 Å². The Hall–Kier alpha value is -2.64. The zero-order valence-electron chi connectivity index (χ0n) is 13.5. The number of para-hydroxylation sites is 1. The fourth-order valence-corrected chi connectivity index (χ4v) is 3.61. The highest BCUT2D eigenvalue weighted by atomic mass is 32.1. The van der Waals surface area contributed by atoms with E-state index in [9.17, 15) is 4.79 Å². The average molecular weight is 334 g/mol. The first-order valence-electron chi connectivity index (χ1n) is 7.88. The molecule has 0 saturated heterocycles. The number of hydrogen-bond acceptors (Lipinski definition) is 2. The van der Waals surface area contributed by atoms with Crippen LogP contribution >= 0.6 is 11.3 Å². The quantitative estimate of drug-likeness (QED) is 0.672. The first-order chi connectivity index (χ1) is 11.7. The van der Waals surface area contributed by atoms with Gasteiger partial charge in [0.25, 0.3) is 5.91 Å². The van der Waals surface area contributed by atoms with E-state index in [1.807, 2.05) is 41.0 Å².